The number of aryl methyl sites for hydroxylation is 1. The maximum Gasteiger partial charge on any atom is 0.227 e. The molecule has 0 saturated carbocycles. The Labute approximate surface area is 238 Å². The second-order valence-corrected chi connectivity index (χ2v) is 9.89. The van der Waals surface area contributed by atoms with Gasteiger partial charge in [0.1, 0.15) is 11.9 Å². The van der Waals surface area contributed by atoms with E-state index in [0.29, 0.717) is 43.7 Å². The number of nitrogens with zero attached hydrogens (tertiary/aromatic N) is 9. The highest BCUT2D eigenvalue weighted by atomic mass is 16.2. The summed E-state index contributed by atoms with van der Waals surface area (Å²) in [5.41, 5.74) is 6.43. The number of carbonyl (C=O) groups is 1. The highest BCUT2D eigenvalue weighted by molar-refractivity contribution is 5.85. The molecule has 41 heavy (non-hydrogen) atoms. The number of aliphatic imine (C=N–C) groups is 1. The van der Waals surface area contributed by atoms with E-state index in [1.54, 1.807) is 33.7 Å². The molecule has 1 amide bonds. The lowest BCUT2D eigenvalue weighted by atomic mass is 10.0. The molecule has 0 aliphatic carbocycles. The first kappa shape index (κ1) is 27.1. The third-order valence-electron chi connectivity index (χ3n) is 7.23. The zero-order valence-corrected chi connectivity index (χ0v) is 23.0. The molecule has 10 nitrogen and oxygen atoms in total. The molecule has 1 aliphatic rings. The van der Waals surface area contributed by atoms with Crippen LogP contribution in [0.25, 0.3) is 22.2 Å². The molecule has 10 heteroatoms. The van der Waals surface area contributed by atoms with Crippen LogP contribution in [0, 0.1) is 22.7 Å². The topological polar surface area (TPSA) is 119 Å². The Morgan fingerprint density at radius 1 is 1.00 bits per heavy atom. The molecule has 0 unspecified atom stereocenters. The zero-order valence-electron chi connectivity index (χ0n) is 23.0. The standard InChI is InChI=1S/C31H29N9O/c1-22(28-15-25(27-19-35-37(3)20-27)21-40-31(28)26(17-33)18-36-40)4-9-29(34-2)38-10-12-39(13-11-38)30(41)14-23-5-7-24(16-32)8-6-23/h4-9,15,18-21H,2,10-14H2,1,3H3/b22-4+,29-9+. The Morgan fingerprint density at radius 2 is 1.73 bits per heavy atom. The van der Waals surface area contributed by atoms with Crippen LogP contribution in [0.1, 0.15) is 29.2 Å². The third-order valence-corrected chi connectivity index (χ3v) is 7.23. The maximum absolute atomic E-state index is 12.9. The fraction of sp³-hybridized carbons (Fsp3) is 0.226. The Kier molecular flexibility index (Phi) is 7.75. The molecule has 4 aromatic rings. The first-order chi connectivity index (χ1) is 19.9. The van der Waals surface area contributed by atoms with Crippen molar-refractivity contribution < 1.29 is 4.79 Å². The van der Waals surface area contributed by atoms with Crippen molar-refractivity contribution in [1.29, 1.82) is 10.5 Å². The number of nitriles is 2. The van der Waals surface area contributed by atoms with E-state index in [9.17, 15) is 10.1 Å². The molecule has 4 heterocycles. The minimum atomic E-state index is 0.0637. The fourth-order valence-corrected chi connectivity index (χ4v) is 4.95. The molecular formula is C31H29N9O. The molecule has 1 saturated heterocycles. The van der Waals surface area contributed by atoms with Gasteiger partial charge in [0.25, 0.3) is 0 Å². The lowest BCUT2D eigenvalue weighted by molar-refractivity contribution is -0.131. The predicted molar refractivity (Wildman–Crippen MR) is 156 cm³/mol. The number of amides is 1. The molecule has 1 aromatic carbocycles. The van der Waals surface area contributed by atoms with Gasteiger partial charge < -0.3 is 9.80 Å². The fourth-order valence-electron chi connectivity index (χ4n) is 4.95. The Morgan fingerprint density at radius 3 is 2.37 bits per heavy atom. The van der Waals surface area contributed by atoms with Gasteiger partial charge >= 0.3 is 0 Å². The van der Waals surface area contributed by atoms with Crippen LogP contribution in [0.2, 0.25) is 0 Å². The number of carbonyl (C=O) groups excluding carboxylic acids is 1. The molecule has 1 fully saturated rings. The number of aromatic nitrogens is 4. The second-order valence-electron chi connectivity index (χ2n) is 9.89. The van der Waals surface area contributed by atoms with Crippen molar-refractivity contribution in [1.82, 2.24) is 29.2 Å². The number of allylic oxidation sites excluding steroid dienone is 3. The van der Waals surface area contributed by atoms with Crippen LogP contribution in [0.3, 0.4) is 0 Å². The molecule has 204 valence electrons. The quantitative estimate of drug-likeness (QED) is 0.258. The van der Waals surface area contributed by atoms with Gasteiger partial charge in [-0.25, -0.2) is 9.51 Å². The summed E-state index contributed by atoms with van der Waals surface area (Å²) in [6, 6.07) is 13.5. The largest absolute Gasteiger partial charge is 0.353 e. The van der Waals surface area contributed by atoms with Gasteiger partial charge in [-0.05, 0) is 49.1 Å². The van der Waals surface area contributed by atoms with Crippen LogP contribution in [0.5, 0.6) is 0 Å². The van der Waals surface area contributed by atoms with E-state index in [-0.39, 0.29) is 5.91 Å². The van der Waals surface area contributed by atoms with Gasteiger partial charge in [0.2, 0.25) is 5.91 Å². The number of fused-ring (bicyclic) bond motifs is 1. The van der Waals surface area contributed by atoms with Crippen LogP contribution in [0.4, 0.5) is 0 Å². The first-order valence-electron chi connectivity index (χ1n) is 13.2. The van der Waals surface area contributed by atoms with Crippen molar-refractivity contribution >= 4 is 23.7 Å². The summed E-state index contributed by atoms with van der Waals surface area (Å²) in [5.74, 6) is 0.783. The molecule has 0 spiro atoms. The summed E-state index contributed by atoms with van der Waals surface area (Å²) < 4.78 is 3.48. The van der Waals surface area contributed by atoms with E-state index in [4.69, 9.17) is 5.26 Å². The van der Waals surface area contributed by atoms with Crippen molar-refractivity contribution in [2.24, 2.45) is 12.0 Å². The van der Waals surface area contributed by atoms with Crippen LogP contribution in [0.15, 0.2) is 78.1 Å². The SMILES string of the molecule is C=N/C(=C\C=C(/C)c1cc(-c2cnn(C)c2)cn2ncc(C#N)c12)N1CCN(C(=O)Cc2ccc(C#N)cc2)CC1. The Hall–Kier alpha value is -5.48. The molecule has 0 bridgehead atoms. The number of pyridine rings is 1. The predicted octanol–water partition coefficient (Wildman–Crippen LogP) is 3.81. The van der Waals surface area contributed by atoms with E-state index in [1.807, 2.05) is 61.6 Å². The van der Waals surface area contributed by atoms with Gasteiger partial charge in [-0.15, -0.1) is 0 Å². The second kappa shape index (κ2) is 11.7. The lowest BCUT2D eigenvalue weighted by Gasteiger charge is -2.36. The minimum absolute atomic E-state index is 0.0637. The molecular weight excluding hydrogens is 514 g/mol. The van der Waals surface area contributed by atoms with E-state index in [0.717, 1.165) is 39.2 Å². The van der Waals surface area contributed by atoms with Crippen molar-refractivity contribution in [2.75, 3.05) is 26.2 Å². The van der Waals surface area contributed by atoms with Crippen LogP contribution in [-0.2, 0) is 18.3 Å². The van der Waals surface area contributed by atoms with Gasteiger partial charge in [-0.2, -0.15) is 20.7 Å². The third kappa shape index (κ3) is 5.77. The van der Waals surface area contributed by atoms with Crippen LogP contribution < -0.4 is 0 Å². The first-order valence-corrected chi connectivity index (χ1v) is 13.2. The summed E-state index contributed by atoms with van der Waals surface area (Å²) in [5, 5.41) is 27.4. The Bertz CT molecular complexity index is 1750. The van der Waals surface area contributed by atoms with Crippen molar-refractivity contribution in [2.45, 2.75) is 13.3 Å². The summed E-state index contributed by atoms with van der Waals surface area (Å²) in [4.78, 5) is 21.1. The van der Waals surface area contributed by atoms with Gasteiger partial charge in [-0.3, -0.25) is 9.48 Å². The monoisotopic (exact) mass is 543 g/mol. The van der Waals surface area contributed by atoms with Gasteiger partial charge in [0.15, 0.2) is 0 Å². The van der Waals surface area contributed by atoms with Gasteiger partial charge in [0.05, 0.1) is 41.5 Å². The number of rotatable bonds is 7. The molecule has 5 rings (SSSR count). The highest BCUT2D eigenvalue weighted by Crippen LogP contribution is 2.29. The molecule has 0 radical (unpaired) electrons. The minimum Gasteiger partial charge on any atom is -0.353 e. The summed E-state index contributed by atoms with van der Waals surface area (Å²) in [6.07, 6.45) is 11.4. The molecule has 0 N–H and O–H groups in total. The van der Waals surface area contributed by atoms with Crippen molar-refractivity contribution in [3.63, 3.8) is 0 Å². The van der Waals surface area contributed by atoms with E-state index >= 15 is 0 Å². The number of piperazine rings is 1. The zero-order chi connectivity index (χ0) is 28.9. The average molecular weight is 544 g/mol. The summed E-state index contributed by atoms with van der Waals surface area (Å²) in [6.45, 7) is 8.21. The van der Waals surface area contributed by atoms with Crippen molar-refractivity contribution in [3.8, 4) is 23.3 Å². The lowest BCUT2D eigenvalue weighted by Crippen LogP contribution is -2.48. The van der Waals surface area contributed by atoms with Gasteiger partial charge in [0, 0.05) is 62.3 Å². The number of benzene rings is 1. The van der Waals surface area contributed by atoms with E-state index < -0.39 is 0 Å². The smallest absolute Gasteiger partial charge is 0.227 e. The van der Waals surface area contributed by atoms with Crippen molar-refractivity contribution in [3.05, 3.63) is 95.3 Å². The summed E-state index contributed by atoms with van der Waals surface area (Å²) >= 11 is 0. The Balaban J connectivity index is 1.33. The van der Waals surface area contributed by atoms with E-state index in [1.165, 1.54) is 0 Å². The van der Waals surface area contributed by atoms with Gasteiger partial charge in [-0.1, -0.05) is 18.2 Å². The highest BCUT2D eigenvalue weighted by Gasteiger charge is 2.22. The summed E-state index contributed by atoms with van der Waals surface area (Å²) in [7, 11) is 1.87. The maximum atomic E-state index is 12.9. The molecule has 1 aliphatic heterocycles. The number of hydrogen-bond acceptors (Lipinski definition) is 7. The number of hydrogen-bond donors (Lipinski definition) is 0. The molecule has 0 atom stereocenters. The normalized spacial score (nSPS) is 14.1. The molecule has 3 aromatic heterocycles. The van der Waals surface area contributed by atoms with Crippen LogP contribution >= 0.6 is 0 Å². The van der Waals surface area contributed by atoms with Crippen LogP contribution in [-0.4, -0.2) is 68.0 Å². The van der Waals surface area contributed by atoms with E-state index in [2.05, 4.69) is 38.9 Å². The average Bonchev–Trinajstić information content (AvgIpc) is 3.63.